The van der Waals surface area contributed by atoms with Crippen molar-refractivity contribution in [2.75, 3.05) is 24.3 Å². The topological polar surface area (TPSA) is 73.6 Å². The molecule has 0 aliphatic carbocycles. The van der Waals surface area contributed by atoms with Crippen molar-refractivity contribution in [2.24, 2.45) is 0 Å². The van der Waals surface area contributed by atoms with Crippen LogP contribution in [0.25, 0.3) is 0 Å². The molecule has 5 nitrogen and oxygen atoms in total. The predicted octanol–water partition coefficient (Wildman–Crippen LogP) is 3.99. The number of carbonyl (C=O) groups is 1. The number of ether oxygens (including phenoxy) is 2. The Morgan fingerprint density at radius 3 is 2.26 bits per heavy atom. The van der Waals surface area contributed by atoms with Crippen molar-refractivity contribution in [3.63, 3.8) is 0 Å². The number of halogens is 2. The van der Waals surface area contributed by atoms with E-state index < -0.39 is 0 Å². The number of anilines is 2. The average Bonchev–Trinajstić information content (AvgIpc) is 2.52. The zero-order valence-electron chi connectivity index (χ0n) is 12.4. The van der Waals surface area contributed by atoms with Crippen LogP contribution in [0.5, 0.6) is 11.5 Å². The van der Waals surface area contributed by atoms with Crippen LogP contribution in [0, 0.1) is 0 Å². The van der Waals surface area contributed by atoms with Gasteiger partial charge >= 0.3 is 0 Å². The summed E-state index contributed by atoms with van der Waals surface area (Å²) in [6, 6.07) is 10.2. The van der Waals surface area contributed by atoms with E-state index in [0.717, 1.165) is 0 Å². The molecule has 2 rings (SSSR count). The number of para-hydroxylation sites is 2. The van der Waals surface area contributed by atoms with Crippen LogP contribution in [-0.2, 0) is 4.79 Å². The Morgan fingerprint density at radius 1 is 1.13 bits per heavy atom. The first kappa shape index (κ1) is 17.2. The van der Waals surface area contributed by atoms with E-state index in [0.29, 0.717) is 23.8 Å². The Morgan fingerprint density at radius 2 is 1.70 bits per heavy atom. The lowest BCUT2D eigenvalue weighted by molar-refractivity contribution is -0.118. The maximum atomic E-state index is 12.0. The van der Waals surface area contributed by atoms with E-state index >= 15 is 0 Å². The molecule has 7 heteroatoms. The third-order valence-electron chi connectivity index (χ3n) is 2.87. The van der Waals surface area contributed by atoms with Crippen molar-refractivity contribution in [1.29, 1.82) is 0 Å². The molecule has 0 aliphatic heterocycles. The summed E-state index contributed by atoms with van der Waals surface area (Å²) in [5.41, 5.74) is 6.36. The molecule has 23 heavy (non-hydrogen) atoms. The number of amides is 1. The highest BCUT2D eigenvalue weighted by molar-refractivity contribution is 6.39. The van der Waals surface area contributed by atoms with Gasteiger partial charge in [0.1, 0.15) is 0 Å². The number of rotatable bonds is 6. The van der Waals surface area contributed by atoms with Gasteiger partial charge in [-0.1, -0.05) is 35.3 Å². The molecule has 2 aromatic rings. The smallest absolute Gasteiger partial charge is 0.262 e. The van der Waals surface area contributed by atoms with Crippen molar-refractivity contribution < 1.29 is 14.3 Å². The summed E-state index contributed by atoms with van der Waals surface area (Å²) in [6.45, 7) is 2.21. The number of nitrogens with one attached hydrogen (secondary N) is 1. The number of carbonyl (C=O) groups excluding carboxylic acids is 1. The maximum absolute atomic E-state index is 12.0. The number of nitrogen functional groups attached to an aromatic ring is 1. The summed E-state index contributed by atoms with van der Waals surface area (Å²) < 4.78 is 10.9. The van der Waals surface area contributed by atoms with Crippen molar-refractivity contribution in [2.45, 2.75) is 6.92 Å². The molecule has 0 bridgehead atoms. The van der Waals surface area contributed by atoms with E-state index in [9.17, 15) is 4.79 Å². The Labute approximate surface area is 144 Å². The molecular weight excluding hydrogens is 339 g/mol. The Hall–Kier alpha value is -2.11. The van der Waals surface area contributed by atoms with Crippen molar-refractivity contribution >= 4 is 40.5 Å². The first-order chi connectivity index (χ1) is 11.0. The Bertz CT molecular complexity index is 684. The highest BCUT2D eigenvalue weighted by Gasteiger charge is 2.10. The van der Waals surface area contributed by atoms with Gasteiger partial charge in [0.25, 0.3) is 5.91 Å². The third kappa shape index (κ3) is 4.68. The van der Waals surface area contributed by atoms with E-state index in [1.54, 1.807) is 18.2 Å². The quantitative estimate of drug-likeness (QED) is 0.769. The monoisotopic (exact) mass is 354 g/mol. The first-order valence-corrected chi connectivity index (χ1v) is 7.66. The Kier molecular flexibility index (Phi) is 5.96. The predicted molar refractivity (Wildman–Crippen MR) is 92.6 cm³/mol. The van der Waals surface area contributed by atoms with E-state index in [2.05, 4.69) is 5.32 Å². The normalized spacial score (nSPS) is 10.2. The van der Waals surface area contributed by atoms with E-state index in [4.69, 9.17) is 38.4 Å². The zero-order valence-corrected chi connectivity index (χ0v) is 13.9. The lowest BCUT2D eigenvalue weighted by Crippen LogP contribution is -2.20. The summed E-state index contributed by atoms with van der Waals surface area (Å²) in [6.07, 6.45) is 0. The zero-order chi connectivity index (χ0) is 16.8. The molecule has 0 saturated heterocycles. The standard InChI is InChI=1S/C16H16Cl2N2O3/c1-2-22-13-5-3-4-6-14(13)23-9-15(21)20-10-7-11(17)16(19)12(18)8-10/h3-8H,2,9,19H2,1H3,(H,20,21). The van der Waals surface area contributed by atoms with Crippen LogP contribution in [0.4, 0.5) is 11.4 Å². The molecule has 0 aromatic heterocycles. The van der Waals surface area contributed by atoms with Crippen LogP contribution in [0.15, 0.2) is 36.4 Å². The van der Waals surface area contributed by atoms with Crippen LogP contribution in [-0.4, -0.2) is 19.1 Å². The molecule has 0 unspecified atom stereocenters. The fourth-order valence-electron chi connectivity index (χ4n) is 1.84. The van der Waals surface area contributed by atoms with Crippen LogP contribution in [0.1, 0.15) is 6.92 Å². The van der Waals surface area contributed by atoms with Gasteiger partial charge in [0.15, 0.2) is 18.1 Å². The van der Waals surface area contributed by atoms with Gasteiger partial charge in [-0.3, -0.25) is 4.79 Å². The summed E-state index contributed by atoms with van der Waals surface area (Å²) in [5.74, 6) is 0.729. The lowest BCUT2D eigenvalue weighted by Gasteiger charge is -2.12. The fourth-order valence-corrected chi connectivity index (χ4v) is 2.33. The highest BCUT2D eigenvalue weighted by Crippen LogP contribution is 2.31. The summed E-state index contributed by atoms with van der Waals surface area (Å²) in [7, 11) is 0. The molecule has 0 fully saturated rings. The fraction of sp³-hybridized carbons (Fsp3) is 0.188. The van der Waals surface area contributed by atoms with Gasteiger partial charge in [-0.25, -0.2) is 0 Å². The molecule has 0 saturated carbocycles. The molecule has 0 radical (unpaired) electrons. The SMILES string of the molecule is CCOc1ccccc1OCC(=O)Nc1cc(Cl)c(N)c(Cl)c1. The largest absolute Gasteiger partial charge is 0.490 e. The molecular formula is C16H16Cl2N2O3. The van der Waals surface area contributed by atoms with Crippen LogP contribution in [0.2, 0.25) is 10.0 Å². The molecule has 0 aliphatic rings. The second kappa shape index (κ2) is 7.94. The molecule has 3 N–H and O–H groups in total. The van der Waals surface area contributed by atoms with Gasteiger partial charge in [-0.2, -0.15) is 0 Å². The molecule has 0 heterocycles. The molecule has 0 spiro atoms. The van der Waals surface area contributed by atoms with E-state index in [-0.39, 0.29) is 28.2 Å². The summed E-state index contributed by atoms with van der Waals surface area (Å²) >= 11 is 11.8. The van der Waals surface area contributed by atoms with Crippen molar-refractivity contribution in [3.05, 3.63) is 46.4 Å². The number of hydrogen-bond donors (Lipinski definition) is 2. The van der Waals surface area contributed by atoms with Crippen molar-refractivity contribution in [1.82, 2.24) is 0 Å². The van der Waals surface area contributed by atoms with Crippen molar-refractivity contribution in [3.8, 4) is 11.5 Å². The number of nitrogens with two attached hydrogens (primary N) is 1. The second-order valence-corrected chi connectivity index (χ2v) is 5.38. The highest BCUT2D eigenvalue weighted by atomic mass is 35.5. The minimum Gasteiger partial charge on any atom is -0.490 e. The summed E-state index contributed by atoms with van der Waals surface area (Å²) in [5, 5.41) is 3.19. The maximum Gasteiger partial charge on any atom is 0.262 e. The second-order valence-electron chi connectivity index (χ2n) is 4.57. The molecule has 0 atom stereocenters. The van der Waals surface area contributed by atoms with Crippen LogP contribution < -0.4 is 20.5 Å². The van der Waals surface area contributed by atoms with Gasteiger partial charge < -0.3 is 20.5 Å². The van der Waals surface area contributed by atoms with E-state index in [1.807, 2.05) is 13.0 Å². The summed E-state index contributed by atoms with van der Waals surface area (Å²) in [4.78, 5) is 12.0. The van der Waals surface area contributed by atoms with Gasteiger partial charge in [0.05, 0.1) is 22.3 Å². The number of hydrogen-bond acceptors (Lipinski definition) is 4. The molecule has 122 valence electrons. The Balaban J connectivity index is 1.98. The van der Waals surface area contributed by atoms with Gasteiger partial charge in [0.2, 0.25) is 0 Å². The van der Waals surface area contributed by atoms with Gasteiger partial charge in [0, 0.05) is 5.69 Å². The lowest BCUT2D eigenvalue weighted by atomic mass is 10.3. The van der Waals surface area contributed by atoms with Crippen LogP contribution in [0.3, 0.4) is 0 Å². The third-order valence-corrected chi connectivity index (χ3v) is 3.50. The number of benzene rings is 2. The minimum absolute atomic E-state index is 0.177. The molecule has 2 aromatic carbocycles. The van der Waals surface area contributed by atoms with Gasteiger partial charge in [-0.05, 0) is 31.2 Å². The van der Waals surface area contributed by atoms with Gasteiger partial charge in [-0.15, -0.1) is 0 Å². The van der Waals surface area contributed by atoms with Crippen LogP contribution >= 0.6 is 23.2 Å². The average molecular weight is 355 g/mol. The minimum atomic E-state index is -0.354. The van der Waals surface area contributed by atoms with E-state index in [1.165, 1.54) is 12.1 Å². The molecule has 1 amide bonds. The first-order valence-electron chi connectivity index (χ1n) is 6.90.